The molecule has 4 nitrogen and oxygen atoms in total. The van der Waals surface area contributed by atoms with Gasteiger partial charge in [-0.25, -0.2) is 4.79 Å². The molecule has 1 fully saturated rings. The van der Waals surface area contributed by atoms with Crippen LogP contribution in [0, 0.1) is 5.41 Å². The minimum absolute atomic E-state index is 0.299. The Hall–Kier alpha value is -1.71. The average Bonchev–Trinajstić information content (AvgIpc) is 2.51. The van der Waals surface area contributed by atoms with Crippen LogP contribution in [-0.2, 0) is 0 Å². The minimum atomic E-state index is -0.906. The lowest BCUT2D eigenvalue weighted by molar-refractivity contribution is 0.0697. The van der Waals surface area contributed by atoms with E-state index in [0.717, 1.165) is 31.6 Å². The first-order valence-corrected chi connectivity index (χ1v) is 6.77. The number of anilines is 2. The van der Waals surface area contributed by atoms with Crippen molar-refractivity contribution < 1.29 is 9.90 Å². The number of carboxylic acids is 1. The van der Waals surface area contributed by atoms with Crippen molar-refractivity contribution in [1.82, 2.24) is 0 Å². The molecule has 0 radical (unpaired) electrons. The molecule has 19 heavy (non-hydrogen) atoms. The van der Waals surface area contributed by atoms with Crippen LogP contribution in [0.25, 0.3) is 0 Å². The first-order chi connectivity index (χ1) is 8.89. The summed E-state index contributed by atoms with van der Waals surface area (Å²) >= 11 is 0. The molecule has 0 atom stereocenters. The number of carbonyl (C=O) groups is 1. The van der Waals surface area contributed by atoms with Gasteiger partial charge in [-0.2, -0.15) is 0 Å². The Balaban J connectivity index is 2.25. The fraction of sp³-hybridized carbons (Fsp3) is 0.533. The number of carboxylic acid groups (broad SMARTS) is 1. The van der Waals surface area contributed by atoms with Crippen LogP contribution in [0.5, 0.6) is 0 Å². The standard InChI is InChI=1S/C15H22N2O2/c1-15(2)6-3-8-17(9-7-15)13-10-11(14(18)19)4-5-12(13)16/h4-5,10H,3,6-9,16H2,1-2H3,(H,18,19). The molecule has 0 spiro atoms. The van der Waals surface area contributed by atoms with E-state index in [0.29, 0.717) is 16.7 Å². The Labute approximate surface area is 114 Å². The number of hydrogen-bond donors (Lipinski definition) is 2. The molecule has 1 aromatic carbocycles. The van der Waals surface area contributed by atoms with Crippen molar-refractivity contribution in [3.63, 3.8) is 0 Å². The Morgan fingerprint density at radius 1 is 1.32 bits per heavy atom. The van der Waals surface area contributed by atoms with E-state index >= 15 is 0 Å². The summed E-state index contributed by atoms with van der Waals surface area (Å²) in [5, 5.41) is 9.08. The molecular weight excluding hydrogens is 240 g/mol. The second-order valence-electron chi connectivity index (χ2n) is 6.08. The van der Waals surface area contributed by atoms with Gasteiger partial charge in [-0.3, -0.25) is 0 Å². The summed E-state index contributed by atoms with van der Waals surface area (Å²) in [4.78, 5) is 13.3. The van der Waals surface area contributed by atoms with Crippen molar-refractivity contribution in [3.05, 3.63) is 23.8 Å². The average molecular weight is 262 g/mol. The lowest BCUT2D eigenvalue weighted by Crippen LogP contribution is -2.26. The molecule has 0 aromatic heterocycles. The third kappa shape index (κ3) is 3.19. The predicted molar refractivity (Wildman–Crippen MR) is 77.7 cm³/mol. The lowest BCUT2D eigenvalue weighted by atomic mass is 9.85. The van der Waals surface area contributed by atoms with Gasteiger partial charge in [-0.05, 0) is 42.9 Å². The smallest absolute Gasteiger partial charge is 0.335 e. The molecule has 2 rings (SSSR count). The lowest BCUT2D eigenvalue weighted by Gasteiger charge is -2.26. The quantitative estimate of drug-likeness (QED) is 0.804. The maximum Gasteiger partial charge on any atom is 0.335 e. The Morgan fingerprint density at radius 3 is 2.74 bits per heavy atom. The molecule has 0 amide bonds. The van der Waals surface area contributed by atoms with Crippen LogP contribution in [-0.4, -0.2) is 24.2 Å². The van der Waals surface area contributed by atoms with Crippen LogP contribution < -0.4 is 10.6 Å². The van der Waals surface area contributed by atoms with Crippen molar-refractivity contribution in [2.75, 3.05) is 23.7 Å². The second kappa shape index (κ2) is 5.11. The van der Waals surface area contributed by atoms with E-state index in [1.807, 2.05) is 0 Å². The monoisotopic (exact) mass is 262 g/mol. The van der Waals surface area contributed by atoms with Crippen LogP contribution in [0.4, 0.5) is 11.4 Å². The highest BCUT2D eigenvalue weighted by Crippen LogP contribution is 2.33. The van der Waals surface area contributed by atoms with Gasteiger partial charge in [0.05, 0.1) is 16.9 Å². The summed E-state index contributed by atoms with van der Waals surface area (Å²) in [6.45, 7) is 6.44. The van der Waals surface area contributed by atoms with E-state index in [-0.39, 0.29) is 0 Å². The molecule has 0 aliphatic carbocycles. The van der Waals surface area contributed by atoms with Gasteiger partial charge in [0.2, 0.25) is 0 Å². The van der Waals surface area contributed by atoms with Crippen LogP contribution in [0.2, 0.25) is 0 Å². The third-order valence-electron chi connectivity index (χ3n) is 3.96. The molecule has 1 saturated heterocycles. The van der Waals surface area contributed by atoms with E-state index in [9.17, 15) is 4.79 Å². The number of nitrogens with zero attached hydrogens (tertiary/aromatic N) is 1. The summed E-state index contributed by atoms with van der Waals surface area (Å²) < 4.78 is 0. The molecule has 0 unspecified atom stereocenters. The first kappa shape index (κ1) is 13.7. The van der Waals surface area contributed by atoms with Crippen molar-refractivity contribution in [3.8, 4) is 0 Å². The van der Waals surface area contributed by atoms with Crippen molar-refractivity contribution >= 4 is 17.3 Å². The van der Waals surface area contributed by atoms with Gasteiger partial charge in [0.25, 0.3) is 0 Å². The third-order valence-corrected chi connectivity index (χ3v) is 3.96. The van der Waals surface area contributed by atoms with Crippen LogP contribution in [0.15, 0.2) is 18.2 Å². The second-order valence-corrected chi connectivity index (χ2v) is 6.08. The molecule has 1 aliphatic heterocycles. The highest BCUT2D eigenvalue weighted by molar-refractivity contribution is 5.90. The number of nitrogens with two attached hydrogens (primary N) is 1. The maximum atomic E-state index is 11.1. The highest BCUT2D eigenvalue weighted by atomic mass is 16.4. The molecule has 0 saturated carbocycles. The molecule has 0 bridgehead atoms. The molecule has 1 aromatic rings. The van der Waals surface area contributed by atoms with Gasteiger partial charge in [0, 0.05) is 13.1 Å². The largest absolute Gasteiger partial charge is 0.478 e. The maximum absolute atomic E-state index is 11.1. The highest BCUT2D eigenvalue weighted by Gasteiger charge is 2.24. The summed E-state index contributed by atoms with van der Waals surface area (Å²) in [6.07, 6.45) is 3.41. The van der Waals surface area contributed by atoms with E-state index in [2.05, 4.69) is 18.7 Å². The van der Waals surface area contributed by atoms with Gasteiger partial charge in [-0.1, -0.05) is 13.8 Å². The summed E-state index contributed by atoms with van der Waals surface area (Å²) in [5.41, 5.74) is 8.17. The predicted octanol–water partition coefficient (Wildman–Crippen LogP) is 2.98. The van der Waals surface area contributed by atoms with E-state index < -0.39 is 5.97 Å². The van der Waals surface area contributed by atoms with Crippen molar-refractivity contribution in [2.45, 2.75) is 33.1 Å². The van der Waals surface area contributed by atoms with Crippen LogP contribution in [0.1, 0.15) is 43.5 Å². The Bertz CT molecular complexity index is 483. The van der Waals surface area contributed by atoms with E-state index in [1.54, 1.807) is 18.2 Å². The van der Waals surface area contributed by atoms with Crippen molar-refractivity contribution in [1.29, 1.82) is 0 Å². The zero-order valence-corrected chi connectivity index (χ0v) is 11.6. The van der Waals surface area contributed by atoms with Crippen molar-refractivity contribution in [2.24, 2.45) is 5.41 Å². The number of nitrogen functional groups attached to an aromatic ring is 1. The van der Waals surface area contributed by atoms with Gasteiger partial charge in [-0.15, -0.1) is 0 Å². The summed E-state index contributed by atoms with van der Waals surface area (Å²) in [6, 6.07) is 4.94. The minimum Gasteiger partial charge on any atom is -0.478 e. The topological polar surface area (TPSA) is 66.6 Å². The van der Waals surface area contributed by atoms with Gasteiger partial charge in [0.15, 0.2) is 0 Å². The van der Waals surface area contributed by atoms with Gasteiger partial charge in [0.1, 0.15) is 0 Å². The SMILES string of the molecule is CC1(C)CCCN(c2cc(C(=O)O)ccc2N)CC1. The molecule has 1 heterocycles. The molecule has 3 N–H and O–H groups in total. The number of hydrogen-bond acceptors (Lipinski definition) is 3. The molecule has 4 heteroatoms. The van der Waals surface area contributed by atoms with Gasteiger partial charge < -0.3 is 15.7 Å². The van der Waals surface area contributed by atoms with Crippen LogP contribution >= 0.6 is 0 Å². The molecule has 104 valence electrons. The molecule has 1 aliphatic rings. The number of rotatable bonds is 2. The number of aromatic carboxylic acids is 1. The number of benzene rings is 1. The summed E-state index contributed by atoms with van der Waals surface area (Å²) in [5.74, 6) is -0.906. The Kier molecular flexibility index (Phi) is 3.69. The fourth-order valence-corrected chi connectivity index (χ4v) is 2.61. The zero-order valence-electron chi connectivity index (χ0n) is 11.6. The van der Waals surface area contributed by atoms with E-state index in [1.165, 1.54) is 6.42 Å². The molecular formula is C15H22N2O2. The zero-order chi connectivity index (χ0) is 14.0. The van der Waals surface area contributed by atoms with Gasteiger partial charge >= 0.3 is 5.97 Å². The van der Waals surface area contributed by atoms with Crippen LogP contribution in [0.3, 0.4) is 0 Å². The fourth-order valence-electron chi connectivity index (χ4n) is 2.61. The Morgan fingerprint density at radius 2 is 2.05 bits per heavy atom. The normalized spacial score (nSPS) is 18.9. The first-order valence-electron chi connectivity index (χ1n) is 6.77. The van der Waals surface area contributed by atoms with E-state index in [4.69, 9.17) is 10.8 Å². The summed E-state index contributed by atoms with van der Waals surface area (Å²) in [7, 11) is 0.